The number of benzene rings is 1. The van der Waals surface area contributed by atoms with E-state index >= 15 is 0 Å². The van der Waals surface area contributed by atoms with Crippen molar-refractivity contribution in [2.24, 2.45) is 5.73 Å². The molecule has 2 N–H and O–H groups in total. The molecule has 104 valence electrons. The van der Waals surface area contributed by atoms with Gasteiger partial charge in [-0.15, -0.1) is 0 Å². The van der Waals surface area contributed by atoms with Crippen molar-refractivity contribution in [1.29, 1.82) is 0 Å². The largest absolute Gasteiger partial charge is 0.382 e. The molecule has 19 heavy (non-hydrogen) atoms. The number of ether oxygens (including phenoxy) is 2. The Bertz CT molecular complexity index is 417. The minimum Gasteiger partial charge on any atom is -0.382 e. The minimum absolute atomic E-state index is 0.0352. The van der Waals surface area contributed by atoms with Gasteiger partial charge in [-0.3, -0.25) is 4.79 Å². The standard InChI is InChI=1S/C14H20N2O3/c1-18-10-13-9-16(6-7-19-13)14(17)12-4-2-11(8-15)3-5-12/h2-5,13H,6-10,15H2,1H3/t13-/m1/s1. The SMILES string of the molecule is COC[C@H]1CN(C(=O)c2ccc(CN)cc2)CCO1. The lowest BCUT2D eigenvalue weighted by molar-refractivity contribution is -0.0531. The average Bonchev–Trinajstić information content (AvgIpc) is 2.47. The number of hydrogen-bond acceptors (Lipinski definition) is 4. The molecule has 1 aromatic carbocycles. The summed E-state index contributed by atoms with van der Waals surface area (Å²) < 4.78 is 10.6. The van der Waals surface area contributed by atoms with Crippen molar-refractivity contribution < 1.29 is 14.3 Å². The number of carbonyl (C=O) groups excluding carboxylic acids is 1. The molecule has 1 saturated heterocycles. The van der Waals surface area contributed by atoms with Gasteiger partial charge in [0.25, 0.3) is 5.91 Å². The first-order valence-electron chi connectivity index (χ1n) is 6.43. The summed E-state index contributed by atoms with van der Waals surface area (Å²) in [6.07, 6.45) is -0.0361. The third-order valence-corrected chi connectivity index (χ3v) is 3.22. The van der Waals surface area contributed by atoms with Crippen molar-refractivity contribution in [2.45, 2.75) is 12.6 Å². The zero-order valence-corrected chi connectivity index (χ0v) is 11.2. The maximum atomic E-state index is 12.3. The predicted octanol–water partition coefficient (Wildman–Crippen LogP) is 0.633. The van der Waals surface area contributed by atoms with Gasteiger partial charge in [-0.1, -0.05) is 12.1 Å². The van der Waals surface area contributed by atoms with Crippen molar-refractivity contribution in [3.05, 3.63) is 35.4 Å². The number of hydrogen-bond donors (Lipinski definition) is 1. The molecule has 0 aromatic heterocycles. The molecule has 5 nitrogen and oxygen atoms in total. The van der Waals surface area contributed by atoms with Gasteiger partial charge in [0.1, 0.15) is 0 Å². The van der Waals surface area contributed by atoms with E-state index < -0.39 is 0 Å². The van der Waals surface area contributed by atoms with Crippen LogP contribution < -0.4 is 5.73 Å². The molecular formula is C14H20N2O3. The Kier molecular flexibility index (Phi) is 4.90. The fraction of sp³-hybridized carbons (Fsp3) is 0.500. The molecule has 1 atom stereocenters. The highest BCUT2D eigenvalue weighted by Crippen LogP contribution is 2.12. The summed E-state index contributed by atoms with van der Waals surface area (Å²) >= 11 is 0. The van der Waals surface area contributed by atoms with Crippen LogP contribution in [0.25, 0.3) is 0 Å². The molecule has 1 heterocycles. The van der Waals surface area contributed by atoms with E-state index in [1.54, 1.807) is 7.11 Å². The van der Waals surface area contributed by atoms with E-state index in [1.807, 2.05) is 29.2 Å². The second-order valence-corrected chi connectivity index (χ2v) is 4.60. The van der Waals surface area contributed by atoms with Crippen LogP contribution in [0.3, 0.4) is 0 Å². The van der Waals surface area contributed by atoms with Crippen LogP contribution in [0.1, 0.15) is 15.9 Å². The number of amides is 1. The van der Waals surface area contributed by atoms with E-state index in [0.29, 0.717) is 38.4 Å². The highest BCUT2D eigenvalue weighted by Gasteiger charge is 2.24. The number of methoxy groups -OCH3 is 1. The maximum Gasteiger partial charge on any atom is 0.254 e. The quantitative estimate of drug-likeness (QED) is 0.866. The summed E-state index contributed by atoms with van der Waals surface area (Å²) in [5.74, 6) is 0.0352. The van der Waals surface area contributed by atoms with Crippen molar-refractivity contribution in [1.82, 2.24) is 4.90 Å². The van der Waals surface area contributed by atoms with Crippen LogP contribution in [0.4, 0.5) is 0 Å². The number of nitrogens with two attached hydrogens (primary N) is 1. The molecule has 0 radical (unpaired) electrons. The topological polar surface area (TPSA) is 64.8 Å². The Morgan fingerprint density at radius 3 is 2.84 bits per heavy atom. The lowest BCUT2D eigenvalue weighted by Gasteiger charge is -2.32. The molecular weight excluding hydrogens is 244 g/mol. The van der Waals surface area contributed by atoms with E-state index in [0.717, 1.165) is 5.56 Å². The fourth-order valence-electron chi connectivity index (χ4n) is 2.16. The van der Waals surface area contributed by atoms with Gasteiger partial charge in [0.15, 0.2) is 0 Å². The maximum absolute atomic E-state index is 12.3. The third-order valence-electron chi connectivity index (χ3n) is 3.22. The first-order chi connectivity index (χ1) is 9.24. The van der Waals surface area contributed by atoms with Crippen LogP contribution in [-0.4, -0.2) is 50.3 Å². The molecule has 2 rings (SSSR count). The molecule has 0 bridgehead atoms. The lowest BCUT2D eigenvalue weighted by Crippen LogP contribution is -2.47. The van der Waals surface area contributed by atoms with Crippen molar-refractivity contribution in [3.8, 4) is 0 Å². The average molecular weight is 264 g/mol. The normalized spacial score (nSPS) is 19.5. The molecule has 1 aliphatic heterocycles. The molecule has 1 aliphatic rings. The van der Waals surface area contributed by atoms with E-state index in [-0.39, 0.29) is 12.0 Å². The Hall–Kier alpha value is -1.43. The van der Waals surface area contributed by atoms with E-state index in [1.165, 1.54) is 0 Å². The zero-order valence-electron chi connectivity index (χ0n) is 11.2. The fourth-order valence-corrected chi connectivity index (χ4v) is 2.16. The highest BCUT2D eigenvalue weighted by molar-refractivity contribution is 5.94. The van der Waals surface area contributed by atoms with Gasteiger partial charge in [0.2, 0.25) is 0 Å². The first kappa shape index (κ1) is 14.0. The van der Waals surface area contributed by atoms with E-state index in [9.17, 15) is 4.79 Å². The molecule has 1 aromatic rings. The monoisotopic (exact) mass is 264 g/mol. The molecule has 0 saturated carbocycles. The van der Waals surface area contributed by atoms with Gasteiger partial charge >= 0.3 is 0 Å². The van der Waals surface area contributed by atoms with E-state index in [2.05, 4.69) is 0 Å². The Labute approximate surface area is 113 Å². The van der Waals surface area contributed by atoms with Crippen LogP contribution in [0.2, 0.25) is 0 Å². The van der Waals surface area contributed by atoms with Crippen LogP contribution in [-0.2, 0) is 16.0 Å². The highest BCUT2D eigenvalue weighted by atomic mass is 16.5. The van der Waals surface area contributed by atoms with Crippen molar-refractivity contribution in [2.75, 3.05) is 33.4 Å². The predicted molar refractivity (Wildman–Crippen MR) is 71.9 cm³/mol. The first-order valence-corrected chi connectivity index (χ1v) is 6.43. The summed E-state index contributed by atoms with van der Waals surface area (Å²) in [5, 5.41) is 0. The summed E-state index contributed by atoms with van der Waals surface area (Å²) in [6.45, 7) is 2.75. The van der Waals surface area contributed by atoms with Gasteiger partial charge < -0.3 is 20.1 Å². The third kappa shape index (κ3) is 3.53. The van der Waals surface area contributed by atoms with E-state index in [4.69, 9.17) is 15.2 Å². The van der Waals surface area contributed by atoms with Gasteiger partial charge in [-0.25, -0.2) is 0 Å². The summed E-state index contributed by atoms with van der Waals surface area (Å²) in [5.41, 5.74) is 7.26. The summed E-state index contributed by atoms with van der Waals surface area (Å²) in [7, 11) is 1.63. The van der Waals surface area contributed by atoms with Gasteiger partial charge in [-0.2, -0.15) is 0 Å². The molecule has 1 amide bonds. The Morgan fingerprint density at radius 2 is 2.21 bits per heavy atom. The summed E-state index contributed by atoms with van der Waals surface area (Å²) in [6, 6.07) is 7.43. The van der Waals surface area contributed by atoms with Crippen LogP contribution in [0.15, 0.2) is 24.3 Å². The number of nitrogens with zero attached hydrogens (tertiary/aromatic N) is 1. The minimum atomic E-state index is -0.0361. The lowest BCUT2D eigenvalue weighted by atomic mass is 10.1. The summed E-state index contributed by atoms with van der Waals surface area (Å²) in [4.78, 5) is 14.2. The molecule has 0 aliphatic carbocycles. The Morgan fingerprint density at radius 1 is 1.47 bits per heavy atom. The number of rotatable bonds is 4. The van der Waals surface area contributed by atoms with Crippen LogP contribution in [0, 0.1) is 0 Å². The molecule has 0 unspecified atom stereocenters. The molecule has 5 heteroatoms. The van der Waals surface area contributed by atoms with Gasteiger partial charge in [0.05, 0.1) is 19.3 Å². The second-order valence-electron chi connectivity index (χ2n) is 4.60. The second kappa shape index (κ2) is 6.65. The van der Waals surface area contributed by atoms with Gasteiger partial charge in [0, 0.05) is 32.3 Å². The zero-order chi connectivity index (χ0) is 13.7. The van der Waals surface area contributed by atoms with Crippen molar-refractivity contribution in [3.63, 3.8) is 0 Å². The number of morpholine rings is 1. The molecule has 1 fully saturated rings. The van der Waals surface area contributed by atoms with Crippen LogP contribution >= 0.6 is 0 Å². The Balaban J connectivity index is 2.01. The number of carbonyl (C=O) groups is 1. The smallest absolute Gasteiger partial charge is 0.254 e. The van der Waals surface area contributed by atoms with Gasteiger partial charge in [-0.05, 0) is 17.7 Å². The van der Waals surface area contributed by atoms with Crippen molar-refractivity contribution >= 4 is 5.91 Å². The van der Waals surface area contributed by atoms with Crippen LogP contribution in [0.5, 0.6) is 0 Å². The molecule has 0 spiro atoms.